The molecular weight excluding hydrogens is 343 g/mol. The van der Waals surface area contributed by atoms with Crippen molar-refractivity contribution in [2.24, 2.45) is 0 Å². The largest absolute Gasteiger partial charge is 0.314 e. The Kier molecular flexibility index (Phi) is 7.21. The summed E-state index contributed by atoms with van der Waals surface area (Å²) < 4.78 is 0. The highest BCUT2D eigenvalue weighted by Gasteiger charge is 2.37. The van der Waals surface area contributed by atoms with Gasteiger partial charge in [0.15, 0.2) is 0 Å². The number of hydrogen-bond acceptors (Lipinski definition) is 5. The van der Waals surface area contributed by atoms with E-state index in [1.807, 2.05) is 0 Å². The van der Waals surface area contributed by atoms with E-state index in [9.17, 15) is 14.9 Å². The van der Waals surface area contributed by atoms with Crippen molar-refractivity contribution < 1.29 is 9.72 Å². The van der Waals surface area contributed by atoms with Crippen LogP contribution >= 0.6 is 24.8 Å². The molecule has 2 aliphatic rings. The number of rotatable bonds is 3. The maximum Gasteiger partial charge on any atom is 0.271 e. The molecule has 0 saturated carbocycles. The Balaban J connectivity index is 0.00000132. The number of carbonyl (C=O) groups is 1. The first-order valence-electron chi connectivity index (χ1n) is 7.17. The number of non-ortho nitro benzene ring substituents is 1. The zero-order valence-electron chi connectivity index (χ0n) is 12.5. The molecule has 7 nitrogen and oxygen atoms in total. The minimum Gasteiger partial charge on any atom is -0.314 e. The van der Waals surface area contributed by atoms with Gasteiger partial charge in [-0.15, -0.1) is 24.8 Å². The van der Waals surface area contributed by atoms with E-state index in [1.54, 1.807) is 17.0 Å². The zero-order valence-corrected chi connectivity index (χ0v) is 14.1. The third-order valence-electron chi connectivity index (χ3n) is 4.12. The van der Waals surface area contributed by atoms with Crippen molar-refractivity contribution in [3.63, 3.8) is 0 Å². The summed E-state index contributed by atoms with van der Waals surface area (Å²) in [5.41, 5.74) is 0.637. The average Bonchev–Trinajstić information content (AvgIpc) is 2.90. The van der Waals surface area contributed by atoms with Crippen molar-refractivity contribution in [3.8, 4) is 0 Å². The Hall–Kier alpha value is -1.41. The van der Waals surface area contributed by atoms with Gasteiger partial charge in [-0.25, -0.2) is 0 Å². The fourth-order valence-corrected chi connectivity index (χ4v) is 3.03. The van der Waals surface area contributed by atoms with E-state index in [4.69, 9.17) is 0 Å². The lowest BCUT2D eigenvalue weighted by atomic mass is 10.2. The third-order valence-corrected chi connectivity index (χ3v) is 4.12. The number of amides is 1. The molecule has 3 rings (SSSR count). The molecule has 0 radical (unpaired) electrons. The topological polar surface area (TPSA) is 78.7 Å². The van der Waals surface area contributed by atoms with Gasteiger partial charge in [0.25, 0.3) is 5.69 Å². The van der Waals surface area contributed by atoms with E-state index in [0.717, 1.165) is 32.6 Å². The number of nitro benzene ring substituents is 1. The molecular formula is C14H20Cl2N4O3. The van der Waals surface area contributed by atoms with E-state index in [0.29, 0.717) is 12.2 Å². The molecule has 1 aromatic rings. The molecule has 1 unspecified atom stereocenters. The van der Waals surface area contributed by atoms with Crippen LogP contribution in [0.15, 0.2) is 24.3 Å². The fourth-order valence-electron chi connectivity index (χ4n) is 3.03. The van der Waals surface area contributed by atoms with E-state index < -0.39 is 4.92 Å². The summed E-state index contributed by atoms with van der Waals surface area (Å²) in [4.78, 5) is 26.9. The molecule has 0 aromatic heterocycles. The number of nitrogens with one attached hydrogen (secondary N) is 1. The summed E-state index contributed by atoms with van der Waals surface area (Å²) >= 11 is 0. The van der Waals surface area contributed by atoms with Gasteiger partial charge < -0.3 is 10.2 Å². The zero-order chi connectivity index (χ0) is 14.8. The summed E-state index contributed by atoms with van der Waals surface area (Å²) in [7, 11) is 0. The minimum absolute atomic E-state index is 0. The first-order chi connectivity index (χ1) is 10.2. The number of benzene rings is 1. The first-order valence-corrected chi connectivity index (χ1v) is 7.17. The van der Waals surface area contributed by atoms with Crippen LogP contribution in [0, 0.1) is 10.1 Å². The number of nitro groups is 1. The second kappa shape index (κ2) is 8.44. The molecule has 1 N–H and O–H groups in total. The van der Waals surface area contributed by atoms with Crippen molar-refractivity contribution in [2.45, 2.75) is 12.5 Å². The summed E-state index contributed by atoms with van der Waals surface area (Å²) in [6.45, 7) is 4.17. The predicted molar refractivity (Wildman–Crippen MR) is 92.8 cm³/mol. The molecule has 23 heavy (non-hydrogen) atoms. The van der Waals surface area contributed by atoms with Crippen LogP contribution < -0.4 is 10.2 Å². The van der Waals surface area contributed by atoms with Gasteiger partial charge in [-0.1, -0.05) is 6.07 Å². The van der Waals surface area contributed by atoms with Crippen LogP contribution in [-0.2, 0) is 4.79 Å². The van der Waals surface area contributed by atoms with Gasteiger partial charge in [0, 0.05) is 44.9 Å². The van der Waals surface area contributed by atoms with Crippen LogP contribution in [0.2, 0.25) is 0 Å². The summed E-state index contributed by atoms with van der Waals surface area (Å²) in [6, 6.07) is 6.20. The molecule has 0 bridgehead atoms. The normalized spacial score (nSPS) is 21.5. The van der Waals surface area contributed by atoms with Crippen LogP contribution in [0.3, 0.4) is 0 Å². The van der Waals surface area contributed by atoms with Gasteiger partial charge >= 0.3 is 0 Å². The molecule has 2 fully saturated rings. The molecule has 1 amide bonds. The van der Waals surface area contributed by atoms with Crippen molar-refractivity contribution in [1.82, 2.24) is 10.2 Å². The number of carbonyl (C=O) groups excluding carboxylic acids is 1. The van der Waals surface area contributed by atoms with Gasteiger partial charge in [-0.3, -0.25) is 19.8 Å². The molecule has 0 aliphatic carbocycles. The molecule has 2 saturated heterocycles. The van der Waals surface area contributed by atoms with Gasteiger partial charge in [-0.05, 0) is 12.5 Å². The molecule has 9 heteroatoms. The maximum atomic E-state index is 12.6. The Morgan fingerprint density at radius 3 is 2.52 bits per heavy atom. The number of halogens is 2. The predicted octanol–water partition coefficient (Wildman–Crippen LogP) is 1.45. The number of anilines is 1. The second-order valence-corrected chi connectivity index (χ2v) is 5.36. The number of nitrogens with zero attached hydrogens (tertiary/aromatic N) is 3. The Morgan fingerprint density at radius 2 is 1.87 bits per heavy atom. The van der Waals surface area contributed by atoms with E-state index in [1.165, 1.54) is 12.1 Å². The van der Waals surface area contributed by atoms with Crippen LogP contribution in [0.4, 0.5) is 11.4 Å². The SMILES string of the molecule is Cl.Cl.O=C1C(N2CCNCC2)CCN1c1cccc([N+](=O)[O-])c1. The first kappa shape index (κ1) is 19.6. The summed E-state index contributed by atoms with van der Waals surface area (Å²) in [6.07, 6.45) is 0.779. The van der Waals surface area contributed by atoms with Crippen LogP contribution in [0.5, 0.6) is 0 Å². The molecule has 128 valence electrons. The minimum atomic E-state index is -0.433. The lowest BCUT2D eigenvalue weighted by molar-refractivity contribution is -0.384. The monoisotopic (exact) mass is 362 g/mol. The highest BCUT2D eigenvalue weighted by molar-refractivity contribution is 5.99. The van der Waals surface area contributed by atoms with Crippen LogP contribution in [0.25, 0.3) is 0 Å². The highest BCUT2D eigenvalue weighted by atomic mass is 35.5. The van der Waals surface area contributed by atoms with Crippen molar-refractivity contribution in [1.29, 1.82) is 0 Å². The van der Waals surface area contributed by atoms with Gasteiger partial charge in [0.1, 0.15) is 0 Å². The van der Waals surface area contributed by atoms with Gasteiger partial charge in [0.2, 0.25) is 5.91 Å². The molecule has 2 aliphatic heterocycles. The third kappa shape index (κ3) is 4.11. The number of hydrogen-bond donors (Lipinski definition) is 1. The Morgan fingerprint density at radius 1 is 1.17 bits per heavy atom. The second-order valence-electron chi connectivity index (χ2n) is 5.36. The number of piperazine rings is 1. The fraction of sp³-hybridized carbons (Fsp3) is 0.500. The highest BCUT2D eigenvalue weighted by Crippen LogP contribution is 2.27. The summed E-state index contributed by atoms with van der Waals surface area (Å²) in [5, 5.41) is 14.1. The van der Waals surface area contributed by atoms with Crippen molar-refractivity contribution in [3.05, 3.63) is 34.4 Å². The van der Waals surface area contributed by atoms with E-state index >= 15 is 0 Å². The van der Waals surface area contributed by atoms with E-state index in [-0.39, 0.29) is 42.5 Å². The lowest BCUT2D eigenvalue weighted by Gasteiger charge is -2.31. The average molecular weight is 363 g/mol. The molecule has 0 spiro atoms. The van der Waals surface area contributed by atoms with Crippen molar-refractivity contribution >= 4 is 42.1 Å². The molecule has 1 aromatic carbocycles. The molecule has 2 heterocycles. The summed E-state index contributed by atoms with van der Waals surface area (Å²) in [5.74, 6) is 0.0531. The Bertz CT molecular complexity index is 567. The van der Waals surface area contributed by atoms with Crippen molar-refractivity contribution in [2.75, 3.05) is 37.6 Å². The van der Waals surface area contributed by atoms with Gasteiger partial charge in [0.05, 0.1) is 16.7 Å². The van der Waals surface area contributed by atoms with Crippen LogP contribution in [0.1, 0.15) is 6.42 Å². The maximum absolute atomic E-state index is 12.6. The smallest absolute Gasteiger partial charge is 0.271 e. The van der Waals surface area contributed by atoms with Gasteiger partial charge in [-0.2, -0.15) is 0 Å². The van der Waals surface area contributed by atoms with Crippen LogP contribution in [-0.4, -0.2) is 54.5 Å². The van der Waals surface area contributed by atoms with E-state index in [2.05, 4.69) is 10.2 Å². The lowest BCUT2D eigenvalue weighted by Crippen LogP contribution is -2.51. The standard InChI is InChI=1S/C14H18N4O3.2ClH/c19-14-13(16-8-5-15-6-9-16)4-7-17(14)11-2-1-3-12(10-11)18(20)21;;/h1-3,10,13,15H,4-9H2;2*1H. The Labute approximate surface area is 147 Å². The quantitative estimate of drug-likeness (QED) is 0.650. The molecule has 1 atom stereocenters.